The summed E-state index contributed by atoms with van der Waals surface area (Å²) < 4.78 is 0. The minimum atomic E-state index is -0.158. The van der Waals surface area contributed by atoms with Crippen molar-refractivity contribution >= 4 is 5.71 Å². The second-order valence-electron chi connectivity index (χ2n) is 4.01. The van der Waals surface area contributed by atoms with Crippen LogP contribution in [0.4, 0.5) is 0 Å². The molecule has 2 aliphatic rings. The number of allylic oxidation sites excluding steroid dienone is 2. The Morgan fingerprint density at radius 2 is 2.33 bits per heavy atom. The van der Waals surface area contributed by atoms with E-state index >= 15 is 0 Å². The van der Waals surface area contributed by atoms with Crippen molar-refractivity contribution in [1.29, 1.82) is 0 Å². The minimum Gasteiger partial charge on any atom is -0.393 e. The van der Waals surface area contributed by atoms with Crippen LogP contribution in [0.2, 0.25) is 0 Å². The van der Waals surface area contributed by atoms with Crippen LogP contribution in [0.5, 0.6) is 0 Å². The number of rotatable bonds is 0. The highest BCUT2D eigenvalue weighted by Gasteiger charge is 2.32. The Hall–Kier alpha value is -0.630. The molecule has 0 spiro atoms. The molecule has 0 unspecified atom stereocenters. The maximum Gasteiger partial charge on any atom is 0.0595 e. The molecule has 1 fully saturated rings. The first-order valence-electron chi connectivity index (χ1n) is 4.61. The molecule has 0 saturated heterocycles. The van der Waals surface area contributed by atoms with Crippen molar-refractivity contribution < 1.29 is 5.11 Å². The highest BCUT2D eigenvalue weighted by atomic mass is 16.3. The van der Waals surface area contributed by atoms with E-state index in [0.717, 1.165) is 18.5 Å². The molecule has 0 aromatic carbocycles. The summed E-state index contributed by atoms with van der Waals surface area (Å²) >= 11 is 0. The summed E-state index contributed by atoms with van der Waals surface area (Å²) in [4.78, 5) is 4.43. The molecule has 2 nitrogen and oxygen atoms in total. The van der Waals surface area contributed by atoms with E-state index in [0.29, 0.717) is 11.8 Å². The Kier molecular flexibility index (Phi) is 1.80. The molecule has 0 bridgehead atoms. The molecule has 1 heterocycles. The number of aliphatic imine (C=N–C) groups is 1. The van der Waals surface area contributed by atoms with Crippen molar-refractivity contribution in [3.05, 3.63) is 11.8 Å². The SMILES string of the molecule is CC1=C[C@@H]2C(=N1)C[C@H](O)C[C@@H]2C. The summed E-state index contributed by atoms with van der Waals surface area (Å²) in [5.74, 6) is 1.08. The summed E-state index contributed by atoms with van der Waals surface area (Å²) in [6, 6.07) is 0. The maximum absolute atomic E-state index is 9.51. The average Bonchev–Trinajstić information content (AvgIpc) is 2.29. The molecule has 66 valence electrons. The zero-order valence-corrected chi connectivity index (χ0v) is 7.62. The second-order valence-corrected chi connectivity index (χ2v) is 4.01. The van der Waals surface area contributed by atoms with Gasteiger partial charge in [0.1, 0.15) is 0 Å². The summed E-state index contributed by atoms with van der Waals surface area (Å²) in [7, 11) is 0. The number of aliphatic hydroxyl groups excluding tert-OH is 1. The third-order valence-electron chi connectivity index (χ3n) is 2.83. The molecule has 3 atom stereocenters. The van der Waals surface area contributed by atoms with E-state index in [2.05, 4.69) is 18.0 Å². The number of hydrogen-bond donors (Lipinski definition) is 1. The van der Waals surface area contributed by atoms with Gasteiger partial charge in [-0.15, -0.1) is 0 Å². The number of fused-ring (bicyclic) bond motifs is 1. The highest BCUT2D eigenvalue weighted by Crippen LogP contribution is 2.33. The first-order chi connectivity index (χ1) is 5.66. The monoisotopic (exact) mass is 165 g/mol. The van der Waals surface area contributed by atoms with Crippen molar-refractivity contribution in [2.45, 2.75) is 32.8 Å². The summed E-state index contributed by atoms with van der Waals surface area (Å²) in [6.07, 6.45) is 3.77. The van der Waals surface area contributed by atoms with E-state index in [1.807, 2.05) is 6.92 Å². The maximum atomic E-state index is 9.51. The van der Waals surface area contributed by atoms with Crippen LogP contribution in [-0.4, -0.2) is 16.9 Å². The van der Waals surface area contributed by atoms with Gasteiger partial charge in [-0.25, -0.2) is 0 Å². The van der Waals surface area contributed by atoms with Crippen molar-refractivity contribution in [2.24, 2.45) is 16.8 Å². The number of aliphatic hydroxyl groups is 1. The standard InChI is InChI=1S/C10H15NO/c1-6-3-8(12)5-10-9(6)4-7(2)11-10/h4,6,8-9,12H,3,5H2,1-2H3/t6-,8+,9-/m0/s1. The first-order valence-corrected chi connectivity index (χ1v) is 4.61. The lowest BCUT2D eigenvalue weighted by Crippen LogP contribution is -2.31. The van der Waals surface area contributed by atoms with Crippen LogP contribution in [0, 0.1) is 11.8 Å². The van der Waals surface area contributed by atoms with Gasteiger partial charge in [0, 0.05) is 23.7 Å². The Labute approximate surface area is 73.0 Å². The zero-order valence-electron chi connectivity index (χ0n) is 7.62. The van der Waals surface area contributed by atoms with Gasteiger partial charge in [-0.2, -0.15) is 0 Å². The first kappa shape index (κ1) is 7.99. The highest BCUT2D eigenvalue weighted by molar-refractivity contribution is 5.92. The van der Waals surface area contributed by atoms with Gasteiger partial charge in [0.25, 0.3) is 0 Å². The predicted octanol–water partition coefficient (Wildman–Crippen LogP) is 1.75. The van der Waals surface area contributed by atoms with Crippen molar-refractivity contribution in [3.8, 4) is 0 Å². The molecule has 1 aliphatic carbocycles. The lowest BCUT2D eigenvalue weighted by molar-refractivity contribution is 0.135. The minimum absolute atomic E-state index is 0.158. The van der Waals surface area contributed by atoms with Gasteiger partial charge in [-0.05, 0) is 19.3 Å². The van der Waals surface area contributed by atoms with Crippen molar-refractivity contribution in [1.82, 2.24) is 0 Å². The van der Waals surface area contributed by atoms with E-state index in [9.17, 15) is 5.11 Å². The quantitative estimate of drug-likeness (QED) is 0.582. The largest absolute Gasteiger partial charge is 0.393 e. The lowest BCUT2D eigenvalue weighted by Gasteiger charge is -2.28. The van der Waals surface area contributed by atoms with E-state index in [1.165, 1.54) is 5.71 Å². The van der Waals surface area contributed by atoms with Gasteiger partial charge in [0.05, 0.1) is 6.10 Å². The molecule has 2 rings (SSSR count). The van der Waals surface area contributed by atoms with Crippen LogP contribution in [0.3, 0.4) is 0 Å². The molecule has 0 aromatic rings. The second kappa shape index (κ2) is 2.70. The third kappa shape index (κ3) is 1.20. The van der Waals surface area contributed by atoms with E-state index in [4.69, 9.17) is 0 Å². The number of nitrogens with zero attached hydrogens (tertiary/aromatic N) is 1. The van der Waals surface area contributed by atoms with Gasteiger partial charge >= 0.3 is 0 Å². The predicted molar refractivity (Wildman–Crippen MR) is 49.1 cm³/mol. The van der Waals surface area contributed by atoms with Crippen LogP contribution in [-0.2, 0) is 0 Å². The molecular weight excluding hydrogens is 150 g/mol. The van der Waals surface area contributed by atoms with Crippen LogP contribution in [0.25, 0.3) is 0 Å². The topological polar surface area (TPSA) is 32.6 Å². The van der Waals surface area contributed by atoms with Gasteiger partial charge in [-0.3, -0.25) is 4.99 Å². The third-order valence-corrected chi connectivity index (χ3v) is 2.83. The molecule has 1 aliphatic heterocycles. The normalized spacial score (nSPS) is 40.4. The summed E-state index contributed by atoms with van der Waals surface area (Å²) in [5.41, 5.74) is 2.31. The van der Waals surface area contributed by atoms with Crippen LogP contribution in [0.15, 0.2) is 16.8 Å². The Morgan fingerprint density at radius 3 is 3.08 bits per heavy atom. The van der Waals surface area contributed by atoms with Crippen LogP contribution < -0.4 is 0 Å². The lowest BCUT2D eigenvalue weighted by atomic mass is 9.78. The van der Waals surface area contributed by atoms with E-state index < -0.39 is 0 Å². The number of hydrogen-bond acceptors (Lipinski definition) is 2. The van der Waals surface area contributed by atoms with Crippen molar-refractivity contribution in [3.63, 3.8) is 0 Å². The summed E-state index contributed by atoms with van der Waals surface area (Å²) in [6.45, 7) is 4.22. The van der Waals surface area contributed by atoms with E-state index in [1.54, 1.807) is 0 Å². The van der Waals surface area contributed by atoms with Crippen LogP contribution >= 0.6 is 0 Å². The molecule has 2 heteroatoms. The Morgan fingerprint density at radius 1 is 1.58 bits per heavy atom. The molecule has 0 amide bonds. The van der Waals surface area contributed by atoms with Crippen LogP contribution in [0.1, 0.15) is 26.7 Å². The fourth-order valence-corrected chi connectivity index (χ4v) is 2.27. The van der Waals surface area contributed by atoms with Crippen molar-refractivity contribution in [2.75, 3.05) is 0 Å². The van der Waals surface area contributed by atoms with Gasteiger partial charge < -0.3 is 5.11 Å². The van der Waals surface area contributed by atoms with E-state index in [-0.39, 0.29) is 6.10 Å². The Bertz CT molecular complexity index is 255. The van der Waals surface area contributed by atoms with Gasteiger partial charge in [0.15, 0.2) is 0 Å². The van der Waals surface area contributed by atoms with Gasteiger partial charge in [-0.1, -0.05) is 13.0 Å². The molecule has 1 saturated carbocycles. The fourth-order valence-electron chi connectivity index (χ4n) is 2.27. The molecule has 12 heavy (non-hydrogen) atoms. The smallest absolute Gasteiger partial charge is 0.0595 e. The Balaban J connectivity index is 2.22. The molecule has 0 radical (unpaired) electrons. The zero-order chi connectivity index (χ0) is 8.72. The van der Waals surface area contributed by atoms with Gasteiger partial charge in [0.2, 0.25) is 0 Å². The molecule has 1 N–H and O–H groups in total. The molecular formula is C10H15NO. The summed E-state index contributed by atoms with van der Waals surface area (Å²) in [5, 5.41) is 9.51. The average molecular weight is 165 g/mol. The molecule has 0 aromatic heterocycles. The fraction of sp³-hybridized carbons (Fsp3) is 0.700.